The topological polar surface area (TPSA) is 87.3 Å². The first-order valence-corrected chi connectivity index (χ1v) is 9.42. The van der Waals surface area contributed by atoms with Gasteiger partial charge in [0.15, 0.2) is 0 Å². The molecular formula is C20H27N3O3. The quantitative estimate of drug-likeness (QED) is 0.756. The first-order chi connectivity index (χ1) is 12.5. The van der Waals surface area contributed by atoms with Crippen LogP contribution in [0.25, 0.3) is 0 Å². The fraction of sp³-hybridized carbons (Fsp3) is 0.550. The van der Waals surface area contributed by atoms with Crippen LogP contribution in [0.4, 0.5) is 5.69 Å². The number of rotatable bonds is 5. The molecule has 2 fully saturated rings. The van der Waals surface area contributed by atoms with E-state index < -0.39 is 0 Å². The van der Waals surface area contributed by atoms with Crippen LogP contribution in [-0.4, -0.2) is 30.8 Å². The smallest absolute Gasteiger partial charge is 0.251 e. The van der Waals surface area contributed by atoms with E-state index >= 15 is 0 Å². The van der Waals surface area contributed by atoms with Crippen LogP contribution >= 0.6 is 0 Å². The molecule has 3 N–H and O–H groups in total. The molecular weight excluding hydrogens is 330 g/mol. The summed E-state index contributed by atoms with van der Waals surface area (Å²) in [6.45, 7) is 1.84. The predicted molar refractivity (Wildman–Crippen MR) is 99.8 cm³/mol. The molecule has 2 aliphatic carbocycles. The molecule has 3 rings (SSSR count). The summed E-state index contributed by atoms with van der Waals surface area (Å²) in [4.78, 5) is 36.4. The zero-order valence-corrected chi connectivity index (χ0v) is 15.4. The number of nitrogens with one attached hydrogen (secondary N) is 3. The minimum Gasteiger partial charge on any atom is -0.355 e. The van der Waals surface area contributed by atoms with Crippen LogP contribution < -0.4 is 16.0 Å². The number of hydrogen-bond acceptors (Lipinski definition) is 3. The van der Waals surface area contributed by atoms with E-state index in [-0.39, 0.29) is 35.6 Å². The van der Waals surface area contributed by atoms with Gasteiger partial charge >= 0.3 is 0 Å². The number of hydrogen-bond donors (Lipinski definition) is 3. The second-order valence-corrected chi connectivity index (χ2v) is 7.38. The van der Waals surface area contributed by atoms with Crippen LogP contribution in [0.15, 0.2) is 18.2 Å². The summed E-state index contributed by atoms with van der Waals surface area (Å²) in [6, 6.07) is 5.54. The van der Waals surface area contributed by atoms with Crippen molar-refractivity contribution in [3.63, 3.8) is 0 Å². The van der Waals surface area contributed by atoms with Gasteiger partial charge in [-0.05, 0) is 63.1 Å². The molecule has 0 bridgehead atoms. The highest BCUT2D eigenvalue weighted by molar-refractivity contribution is 5.99. The van der Waals surface area contributed by atoms with Gasteiger partial charge in [0.05, 0.1) is 0 Å². The van der Waals surface area contributed by atoms with Gasteiger partial charge in [0.1, 0.15) is 0 Å². The first-order valence-electron chi connectivity index (χ1n) is 9.42. The Kier molecular flexibility index (Phi) is 5.59. The zero-order valence-electron chi connectivity index (χ0n) is 15.4. The summed E-state index contributed by atoms with van der Waals surface area (Å²) >= 11 is 0. The Morgan fingerprint density at radius 2 is 1.54 bits per heavy atom. The van der Waals surface area contributed by atoms with Crippen molar-refractivity contribution >= 4 is 23.4 Å². The average Bonchev–Trinajstić information content (AvgIpc) is 3.48. The van der Waals surface area contributed by atoms with Gasteiger partial charge in [-0.2, -0.15) is 0 Å². The molecule has 2 aliphatic rings. The Morgan fingerprint density at radius 1 is 0.923 bits per heavy atom. The molecule has 26 heavy (non-hydrogen) atoms. The molecule has 2 saturated carbocycles. The van der Waals surface area contributed by atoms with Crippen molar-refractivity contribution in [2.45, 2.75) is 51.5 Å². The monoisotopic (exact) mass is 357 g/mol. The van der Waals surface area contributed by atoms with Gasteiger partial charge in [0.25, 0.3) is 5.91 Å². The molecule has 0 aromatic heterocycles. The molecule has 0 atom stereocenters. The Bertz CT molecular complexity index is 704. The largest absolute Gasteiger partial charge is 0.355 e. The number of benzene rings is 1. The summed E-state index contributed by atoms with van der Waals surface area (Å²) in [5, 5.41) is 8.70. The Labute approximate surface area is 154 Å². The molecule has 0 aliphatic heterocycles. The maximum atomic E-state index is 12.6. The van der Waals surface area contributed by atoms with Crippen LogP contribution in [0, 0.1) is 18.8 Å². The van der Waals surface area contributed by atoms with Gasteiger partial charge in [-0.15, -0.1) is 0 Å². The fourth-order valence-corrected chi connectivity index (χ4v) is 3.55. The van der Waals surface area contributed by atoms with E-state index in [0.29, 0.717) is 11.3 Å². The normalized spacial score (nSPS) is 22.4. The minimum absolute atomic E-state index is 0.00544. The first kappa shape index (κ1) is 18.4. The lowest BCUT2D eigenvalue weighted by Crippen LogP contribution is -2.40. The summed E-state index contributed by atoms with van der Waals surface area (Å²) in [5.74, 6) is 0.193. The Hall–Kier alpha value is -2.37. The van der Waals surface area contributed by atoms with E-state index in [2.05, 4.69) is 16.0 Å². The van der Waals surface area contributed by atoms with Gasteiger partial charge in [-0.1, -0.05) is 6.07 Å². The average molecular weight is 357 g/mol. The molecule has 0 radical (unpaired) electrons. The van der Waals surface area contributed by atoms with Crippen LogP contribution in [-0.2, 0) is 9.59 Å². The lowest BCUT2D eigenvalue weighted by atomic mass is 9.85. The standard InChI is InChI=1S/C20H27N3O3/c1-12-16(20(26)21-2)4-3-5-17(12)23-19(25)14-8-10-15(11-9-14)22-18(24)13-6-7-13/h3-5,13-15H,6-11H2,1-2H3,(H,21,26)(H,22,24)(H,23,25). The molecule has 1 aromatic carbocycles. The van der Waals surface area contributed by atoms with E-state index in [1.807, 2.05) is 13.0 Å². The van der Waals surface area contributed by atoms with Crippen LogP contribution in [0.1, 0.15) is 54.4 Å². The van der Waals surface area contributed by atoms with E-state index in [0.717, 1.165) is 44.1 Å². The predicted octanol–water partition coefficient (Wildman–Crippen LogP) is 2.38. The highest BCUT2D eigenvalue weighted by Crippen LogP contribution is 2.31. The summed E-state index contributed by atoms with van der Waals surface area (Å²) in [6.07, 6.45) is 5.25. The lowest BCUT2D eigenvalue weighted by molar-refractivity contribution is -0.123. The summed E-state index contributed by atoms with van der Waals surface area (Å²) < 4.78 is 0. The SMILES string of the molecule is CNC(=O)c1cccc(NC(=O)C2CCC(NC(=O)C3CC3)CC2)c1C. The lowest BCUT2D eigenvalue weighted by Gasteiger charge is -2.28. The molecule has 0 spiro atoms. The van der Waals surface area contributed by atoms with Crippen molar-refractivity contribution < 1.29 is 14.4 Å². The number of carbonyl (C=O) groups is 3. The van der Waals surface area contributed by atoms with Crippen molar-refractivity contribution in [2.24, 2.45) is 11.8 Å². The maximum Gasteiger partial charge on any atom is 0.251 e. The second kappa shape index (κ2) is 7.89. The third-order valence-corrected chi connectivity index (χ3v) is 5.46. The molecule has 0 unspecified atom stereocenters. The molecule has 3 amide bonds. The van der Waals surface area contributed by atoms with E-state index in [1.54, 1.807) is 19.2 Å². The van der Waals surface area contributed by atoms with Gasteiger partial charge < -0.3 is 16.0 Å². The molecule has 140 valence electrons. The third-order valence-electron chi connectivity index (χ3n) is 5.46. The van der Waals surface area contributed by atoms with Crippen molar-refractivity contribution in [2.75, 3.05) is 12.4 Å². The molecule has 0 saturated heterocycles. The van der Waals surface area contributed by atoms with E-state index in [1.165, 1.54) is 0 Å². The van der Waals surface area contributed by atoms with Gasteiger partial charge in [-0.3, -0.25) is 14.4 Å². The zero-order chi connectivity index (χ0) is 18.7. The molecule has 1 aromatic rings. The van der Waals surface area contributed by atoms with E-state index in [4.69, 9.17) is 0 Å². The summed E-state index contributed by atoms with van der Waals surface area (Å²) in [7, 11) is 1.59. The third kappa shape index (κ3) is 4.23. The summed E-state index contributed by atoms with van der Waals surface area (Å²) in [5.41, 5.74) is 2.02. The number of carbonyl (C=O) groups excluding carboxylic acids is 3. The number of amides is 3. The molecule has 6 nitrogen and oxygen atoms in total. The van der Waals surface area contributed by atoms with Crippen LogP contribution in [0.2, 0.25) is 0 Å². The van der Waals surface area contributed by atoms with Gasteiger partial charge in [-0.25, -0.2) is 0 Å². The molecule has 6 heteroatoms. The van der Waals surface area contributed by atoms with Gasteiger partial charge in [0.2, 0.25) is 11.8 Å². The number of anilines is 1. The second-order valence-electron chi connectivity index (χ2n) is 7.38. The molecule has 0 heterocycles. The van der Waals surface area contributed by atoms with Crippen molar-refractivity contribution in [3.05, 3.63) is 29.3 Å². The highest BCUT2D eigenvalue weighted by atomic mass is 16.2. The van der Waals surface area contributed by atoms with Crippen LogP contribution in [0.5, 0.6) is 0 Å². The minimum atomic E-state index is -0.162. The van der Waals surface area contributed by atoms with Gasteiger partial charge in [0, 0.05) is 36.2 Å². The van der Waals surface area contributed by atoms with Crippen molar-refractivity contribution in [1.29, 1.82) is 0 Å². The van der Waals surface area contributed by atoms with Crippen molar-refractivity contribution in [1.82, 2.24) is 10.6 Å². The highest BCUT2D eigenvalue weighted by Gasteiger charge is 2.33. The maximum absolute atomic E-state index is 12.6. The fourth-order valence-electron chi connectivity index (χ4n) is 3.55. The Balaban J connectivity index is 1.54. The van der Waals surface area contributed by atoms with E-state index in [9.17, 15) is 14.4 Å². The Morgan fingerprint density at radius 3 is 2.15 bits per heavy atom. The van der Waals surface area contributed by atoms with Crippen LogP contribution in [0.3, 0.4) is 0 Å². The van der Waals surface area contributed by atoms with Crippen molar-refractivity contribution in [3.8, 4) is 0 Å².